The molecule has 2 fully saturated rings. The standard InChI is InChI=1S/C21H25N3O2/c1-15-5-7-16(8-6-15)10-21(25)24-12-18-17(14-26-19(18)13-24)11-23-20-4-2-3-9-22-20/h2-9,17-19H,10-14H2,1H3,(H,22,23)/t17-,18-,19-/m1/s1. The van der Waals surface area contributed by atoms with E-state index in [1.807, 2.05) is 35.2 Å². The topological polar surface area (TPSA) is 54.5 Å². The summed E-state index contributed by atoms with van der Waals surface area (Å²) in [5, 5.41) is 3.39. The van der Waals surface area contributed by atoms with Gasteiger partial charge in [-0.3, -0.25) is 4.79 Å². The number of carbonyl (C=O) groups is 1. The first-order chi connectivity index (χ1) is 12.7. The number of likely N-dealkylation sites (tertiary alicyclic amines) is 1. The molecule has 0 unspecified atom stereocenters. The first kappa shape index (κ1) is 17.0. The summed E-state index contributed by atoms with van der Waals surface area (Å²) in [5.74, 6) is 1.91. The van der Waals surface area contributed by atoms with Crippen LogP contribution in [0.2, 0.25) is 0 Å². The molecule has 136 valence electrons. The van der Waals surface area contributed by atoms with Gasteiger partial charge in [-0.15, -0.1) is 0 Å². The van der Waals surface area contributed by atoms with E-state index >= 15 is 0 Å². The number of nitrogens with zero attached hydrogens (tertiary/aromatic N) is 2. The minimum absolute atomic E-state index is 0.174. The number of pyridine rings is 1. The van der Waals surface area contributed by atoms with Crippen LogP contribution < -0.4 is 5.32 Å². The van der Waals surface area contributed by atoms with Crippen LogP contribution >= 0.6 is 0 Å². The van der Waals surface area contributed by atoms with E-state index in [0.717, 1.165) is 37.6 Å². The quantitative estimate of drug-likeness (QED) is 0.899. The van der Waals surface area contributed by atoms with Crippen LogP contribution in [0.15, 0.2) is 48.7 Å². The van der Waals surface area contributed by atoms with Crippen molar-refractivity contribution in [3.05, 3.63) is 59.8 Å². The van der Waals surface area contributed by atoms with Gasteiger partial charge in [0.1, 0.15) is 5.82 Å². The van der Waals surface area contributed by atoms with Crippen molar-refractivity contribution in [1.82, 2.24) is 9.88 Å². The highest BCUT2D eigenvalue weighted by atomic mass is 16.5. The molecule has 2 aliphatic heterocycles. The molecule has 1 N–H and O–H groups in total. The van der Waals surface area contributed by atoms with Gasteiger partial charge in [0, 0.05) is 37.7 Å². The first-order valence-electron chi connectivity index (χ1n) is 9.29. The van der Waals surface area contributed by atoms with E-state index in [9.17, 15) is 4.79 Å². The second kappa shape index (κ2) is 7.46. The second-order valence-corrected chi connectivity index (χ2v) is 7.35. The van der Waals surface area contributed by atoms with E-state index in [0.29, 0.717) is 18.3 Å². The van der Waals surface area contributed by atoms with Crippen LogP contribution in [-0.2, 0) is 16.0 Å². The fraction of sp³-hybridized carbons (Fsp3) is 0.429. The minimum Gasteiger partial charge on any atom is -0.376 e. The molecule has 5 nitrogen and oxygen atoms in total. The fourth-order valence-electron chi connectivity index (χ4n) is 3.91. The van der Waals surface area contributed by atoms with Crippen LogP contribution in [0.5, 0.6) is 0 Å². The number of rotatable bonds is 5. The van der Waals surface area contributed by atoms with E-state index in [2.05, 4.69) is 29.4 Å². The molecule has 3 heterocycles. The predicted molar refractivity (Wildman–Crippen MR) is 101 cm³/mol. The van der Waals surface area contributed by atoms with Crippen LogP contribution in [-0.4, -0.2) is 48.1 Å². The van der Waals surface area contributed by atoms with Crippen molar-refractivity contribution >= 4 is 11.7 Å². The molecule has 2 aromatic rings. The van der Waals surface area contributed by atoms with Crippen LogP contribution in [0.3, 0.4) is 0 Å². The normalized spacial score (nSPS) is 24.5. The zero-order valence-electron chi connectivity index (χ0n) is 15.1. The Bertz CT molecular complexity index is 748. The van der Waals surface area contributed by atoms with Gasteiger partial charge in [-0.05, 0) is 24.6 Å². The molecule has 0 spiro atoms. The lowest BCUT2D eigenvalue weighted by molar-refractivity contribution is -0.130. The summed E-state index contributed by atoms with van der Waals surface area (Å²) < 4.78 is 5.97. The van der Waals surface area contributed by atoms with Crippen molar-refractivity contribution in [3.8, 4) is 0 Å². The van der Waals surface area contributed by atoms with E-state index in [-0.39, 0.29) is 12.0 Å². The number of nitrogens with one attached hydrogen (secondary N) is 1. The average molecular weight is 351 g/mol. The van der Waals surface area contributed by atoms with Gasteiger partial charge in [0.2, 0.25) is 5.91 Å². The second-order valence-electron chi connectivity index (χ2n) is 7.35. The Morgan fingerprint density at radius 2 is 2.08 bits per heavy atom. The smallest absolute Gasteiger partial charge is 0.227 e. The summed E-state index contributed by atoms with van der Waals surface area (Å²) in [4.78, 5) is 18.9. The molecular formula is C21H25N3O2. The van der Waals surface area contributed by atoms with Gasteiger partial charge in [-0.25, -0.2) is 4.98 Å². The zero-order chi connectivity index (χ0) is 17.9. The Morgan fingerprint density at radius 3 is 2.85 bits per heavy atom. The number of hydrogen-bond donors (Lipinski definition) is 1. The zero-order valence-corrected chi connectivity index (χ0v) is 15.1. The maximum Gasteiger partial charge on any atom is 0.227 e. The summed E-state index contributed by atoms with van der Waals surface area (Å²) >= 11 is 0. The maximum atomic E-state index is 12.7. The SMILES string of the molecule is Cc1ccc(CC(=O)N2C[C@@H]3[C@H](CNc4ccccn4)CO[C@@H]3C2)cc1. The molecule has 2 aliphatic rings. The molecule has 4 rings (SSSR count). The van der Waals surface area contributed by atoms with Crippen molar-refractivity contribution in [2.45, 2.75) is 19.4 Å². The van der Waals surface area contributed by atoms with Crippen molar-refractivity contribution in [2.75, 3.05) is 31.6 Å². The van der Waals surface area contributed by atoms with E-state index in [1.165, 1.54) is 5.56 Å². The third-order valence-electron chi connectivity index (χ3n) is 5.48. The molecular weight excluding hydrogens is 326 g/mol. The lowest BCUT2D eigenvalue weighted by Gasteiger charge is -2.20. The van der Waals surface area contributed by atoms with Crippen LogP contribution in [0.25, 0.3) is 0 Å². The van der Waals surface area contributed by atoms with Gasteiger partial charge in [-0.1, -0.05) is 35.9 Å². The molecule has 0 aliphatic carbocycles. The fourth-order valence-corrected chi connectivity index (χ4v) is 3.91. The van der Waals surface area contributed by atoms with Crippen molar-refractivity contribution in [3.63, 3.8) is 0 Å². The molecule has 1 aromatic heterocycles. The van der Waals surface area contributed by atoms with E-state index < -0.39 is 0 Å². The molecule has 0 radical (unpaired) electrons. The largest absolute Gasteiger partial charge is 0.376 e. The lowest BCUT2D eigenvalue weighted by Crippen LogP contribution is -2.33. The monoisotopic (exact) mass is 351 g/mol. The summed E-state index contributed by atoms with van der Waals surface area (Å²) in [5.41, 5.74) is 2.29. The third-order valence-corrected chi connectivity index (χ3v) is 5.48. The molecule has 26 heavy (non-hydrogen) atoms. The lowest BCUT2D eigenvalue weighted by atomic mass is 9.93. The summed E-state index contributed by atoms with van der Waals surface area (Å²) in [7, 11) is 0. The number of amides is 1. The van der Waals surface area contributed by atoms with Crippen LogP contribution in [0.4, 0.5) is 5.82 Å². The molecule has 1 aromatic carbocycles. The predicted octanol–water partition coefficient (Wildman–Crippen LogP) is 2.52. The van der Waals surface area contributed by atoms with Crippen molar-refractivity contribution < 1.29 is 9.53 Å². The van der Waals surface area contributed by atoms with Crippen LogP contribution in [0.1, 0.15) is 11.1 Å². The number of benzene rings is 1. The molecule has 0 bridgehead atoms. The number of fused-ring (bicyclic) bond motifs is 1. The third kappa shape index (κ3) is 3.73. The molecule has 2 saturated heterocycles. The number of aryl methyl sites for hydroxylation is 1. The Kier molecular flexibility index (Phi) is 4.89. The van der Waals surface area contributed by atoms with Gasteiger partial charge in [0.25, 0.3) is 0 Å². The highest BCUT2D eigenvalue weighted by Crippen LogP contribution is 2.34. The number of ether oxygens (including phenoxy) is 1. The van der Waals surface area contributed by atoms with Crippen molar-refractivity contribution in [2.24, 2.45) is 11.8 Å². The Labute approximate surface area is 154 Å². The average Bonchev–Trinajstić information content (AvgIpc) is 3.24. The number of carbonyl (C=O) groups excluding carboxylic acids is 1. The van der Waals surface area contributed by atoms with Crippen LogP contribution in [0, 0.1) is 18.8 Å². The first-order valence-corrected chi connectivity index (χ1v) is 9.29. The molecule has 3 atom stereocenters. The van der Waals surface area contributed by atoms with Gasteiger partial charge in [-0.2, -0.15) is 0 Å². The number of anilines is 1. The molecule has 5 heteroatoms. The van der Waals surface area contributed by atoms with E-state index in [1.54, 1.807) is 6.20 Å². The molecule has 1 amide bonds. The maximum absolute atomic E-state index is 12.7. The van der Waals surface area contributed by atoms with Gasteiger partial charge < -0.3 is 15.0 Å². The highest BCUT2D eigenvalue weighted by molar-refractivity contribution is 5.79. The Hall–Kier alpha value is -2.40. The summed E-state index contributed by atoms with van der Waals surface area (Å²) in [6, 6.07) is 14.1. The van der Waals surface area contributed by atoms with Crippen molar-refractivity contribution in [1.29, 1.82) is 0 Å². The van der Waals surface area contributed by atoms with Gasteiger partial charge >= 0.3 is 0 Å². The Morgan fingerprint density at radius 1 is 1.23 bits per heavy atom. The van der Waals surface area contributed by atoms with E-state index in [4.69, 9.17) is 4.74 Å². The Balaban J connectivity index is 1.32. The van der Waals surface area contributed by atoms with Gasteiger partial charge in [0.05, 0.1) is 19.1 Å². The molecule has 0 saturated carbocycles. The highest BCUT2D eigenvalue weighted by Gasteiger charge is 2.44. The minimum atomic E-state index is 0.174. The summed E-state index contributed by atoms with van der Waals surface area (Å²) in [6.45, 7) is 5.16. The number of hydrogen-bond acceptors (Lipinski definition) is 4. The number of aromatic nitrogens is 1. The summed E-state index contributed by atoms with van der Waals surface area (Å²) in [6.07, 6.45) is 2.43. The van der Waals surface area contributed by atoms with Gasteiger partial charge in [0.15, 0.2) is 0 Å².